The molecule has 1 aliphatic rings. The maximum absolute atomic E-state index is 15.9. The van der Waals surface area contributed by atoms with Gasteiger partial charge in [0.25, 0.3) is 10.0 Å². The first-order valence-corrected chi connectivity index (χ1v) is 15.4. The van der Waals surface area contributed by atoms with Crippen molar-refractivity contribution in [3.05, 3.63) is 71.6 Å². The number of methoxy groups -OCH3 is 1. The van der Waals surface area contributed by atoms with Gasteiger partial charge in [-0.1, -0.05) is 6.07 Å². The highest BCUT2D eigenvalue weighted by molar-refractivity contribution is 7.92. The minimum Gasteiger partial charge on any atom is -0.453 e. The number of rotatable bonds is 9. The van der Waals surface area contributed by atoms with Gasteiger partial charge in [-0.2, -0.15) is 0 Å². The van der Waals surface area contributed by atoms with Crippen LogP contribution in [0, 0.1) is 17.5 Å². The molecule has 3 heterocycles. The molecule has 3 atom stereocenters. The minimum atomic E-state index is -4.87. The van der Waals surface area contributed by atoms with E-state index in [1.54, 1.807) is 13.0 Å². The summed E-state index contributed by atoms with van der Waals surface area (Å²) in [5.41, 5.74) is -0.317. The maximum Gasteiger partial charge on any atom is 0.407 e. The Bertz CT molecular complexity index is 1690. The van der Waals surface area contributed by atoms with Gasteiger partial charge < -0.3 is 15.4 Å². The largest absolute Gasteiger partial charge is 0.453 e. The molecule has 0 spiro atoms. The second kappa shape index (κ2) is 12.6. The third-order valence-corrected chi connectivity index (χ3v) is 9.15. The topological polar surface area (TPSA) is 160 Å². The fourth-order valence-corrected chi connectivity index (χ4v) is 6.41. The molecular weight excluding hydrogens is 609 g/mol. The second-order valence-electron chi connectivity index (χ2n) is 10.3. The SMILES string of the molecule is COC(=O)N[C@@H](C)CNc1nccc(C2N=S(C(C)(C)C)N=C2c2cncc(NS(=O)(=O)c3c(F)cccc3F)c2F)n1. The van der Waals surface area contributed by atoms with E-state index in [0.717, 1.165) is 30.6 Å². The third kappa shape index (κ3) is 7.27. The number of nitrogens with zero attached hydrogens (tertiary/aromatic N) is 5. The smallest absolute Gasteiger partial charge is 0.407 e. The highest BCUT2D eigenvalue weighted by Crippen LogP contribution is 2.35. The van der Waals surface area contributed by atoms with Crippen molar-refractivity contribution in [2.45, 2.75) is 49.4 Å². The molecule has 43 heavy (non-hydrogen) atoms. The van der Waals surface area contributed by atoms with Crippen LogP contribution in [0.3, 0.4) is 0 Å². The number of ether oxygens (including phenoxy) is 1. The Balaban J connectivity index is 1.68. The van der Waals surface area contributed by atoms with E-state index in [1.807, 2.05) is 25.5 Å². The van der Waals surface area contributed by atoms with Crippen LogP contribution in [0.25, 0.3) is 0 Å². The number of aromatic nitrogens is 3. The molecule has 0 bridgehead atoms. The molecule has 1 aromatic carbocycles. The van der Waals surface area contributed by atoms with Crippen LogP contribution in [0.4, 0.5) is 29.6 Å². The molecule has 1 aliphatic heterocycles. The van der Waals surface area contributed by atoms with Crippen molar-refractivity contribution in [3.63, 3.8) is 0 Å². The summed E-state index contributed by atoms with van der Waals surface area (Å²) in [5.74, 6) is -3.54. The van der Waals surface area contributed by atoms with E-state index >= 15 is 4.39 Å². The number of pyridine rings is 1. The molecule has 3 aromatic rings. The van der Waals surface area contributed by atoms with Crippen molar-refractivity contribution >= 4 is 44.3 Å². The molecule has 0 saturated heterocycles. The molecule has 3 N–H and O–H groups in total. The van der Waals surface area contributed by atoms with Crippen molar-refractivity contribution in [1.82, 2.24) is 20.3 Å². The average Bonchev–Trinajstić information content (AvgIpc) is 3.39. The van der Waals surface area contributed by atoms with Crippen LogP contribution in [-0.2, 0) is 25.6 Å². The summed E-state index contributed by atoms with van der Waals surface area (Å²) in [6, 6.07) is 2.93. The Morgan fingerprint density at radius 3 is 2.49 bits per heavy atom. The van der Waals surface area contributed by atoms with Crippen molar-refractivity contribution < 1.29 is 31.1 Å². The number of sulfonamides is 1. The zero-order valence-corrected chi connectivity index (χ0v) is 25.4. The van der Waals surface area contributed by atoms with E-state index in [1.165, 1.54) is 13.3 Å². The average molecular weight is 639 g/mol. The summed E-state index contributed by atoms with van der Waals surface area (Å²) < 4.78 is 85.6. The summed E-state index contributed by atoms with van der Waals surface area (Å²) in [5, 5.41) is 5.62. The van der Waals surface area contributed by atoms with Crippen molar-refractivity contribution in [3.8, 4) is 0 Å². The van der Waals surface area contributed by atoms with Crippen LogP contribution in [0.15, 0.2) is 56.5 Å². The Kier molecular flexibility index (Phi) is 9.34. The van der Waals surface area contributed by atoms with Crippen molar-refractivity contribution in [2.75, 3.05) is 23.7 Å². The molecule has 230 valence electrons. The summed E-state index contributed by atoms with van der Waals surface area (Å²) in [7, 11) is -4.58. The summed E-state index contributed by atoms with van der Waals surface area (Å²) in [6.45, 7) is 7.74. The molecule has 12 nitrogen and oxygen atoms in total. The molecule has 2 unspecified atom stereocenters. The standard InChI is InChI=1S/C26H29F3N8O4S2/c1-14(33-25(38)41-5)11-32-24-31-10-9-18(34-24)22-21(35-42(36-22)26(2,3)4)15-12-30-13-19(20(15)29)37-43(39,40)23-16(27)7-6-8-17(23)28/h6-10,12-14,22,37H,11H2,1-5H3,(H,33,38)(H,31,32,34)/t14-,22?,42?/m0/s1. The van der Waals surface area contributed by atoms with Gasteiger partial charge in [0.05, 0.1) is 30.3 Å². The zero-order chi connectivity index (χ0) is 31.5. The lowest BCUT2D eigenvalue weighted by atomic mass is 10.0. The summed E-state index contributed by atoms with van der Waals surface area (Å²) >= 11 is 0. The predicted molar refractivity (Wildman–Crippen MR) is 156 cm³/mol. The van der Waals surface area contributed by atoms with E-state index in [0.29, 0.717) is 5.69 Å². The molecule has 0 aliphatic carbocycles. The zero-order valence-electron chi connectivity index (χ0n) is 23.7. The lowest BCUT2D eigenvalue weighted by Crippen LogP contribution is -2.37. The number of carbonyl (C=O) groups is 1. The molecule has 17 heteroatoms. The molecule has 2 aromatic heterocycles. The van der Waals surface area contributed by atoms with Gasteiger partial charge >= 0.3 is 6.09 Å². The van der Waals surface area contributed by atoms with E-state index in [9.17, 15) is 22.0 Å². The van der Waals surface area contributed by atoms with Crippen LogP contribution in [-0.4, -0.2) is 59.6 Å². The lowest BCUT2D eigenvalue weighted by molar-refractivity contribution is 0.168. The predicted octanol–water partition coefficient (Wildman–Crippen LogP) is 4.31. The molecule has 4 rings (SSSR count). The number of benzene rings is 1. The lowest BCUT2D eigenvalue weighted by Gasteiger charge is -2.16. The highest BCUT2D eigenvalue weighted by Gasteiger charge is 2.34. The Labute approximate surface area is 248 Å². The number of carbonyl (C=O) groups excluding carboxylic acids is 1. The maximum atomic E-state index is 15.9. The number of hydrogen-bond donors (Lipinski definition) is 3. The van der Waals surface area contributed by atoms with Gasteiger partial charge in [0.2, 0.25) is 5.95 Å². The first kappa shape index (κ1) is 31.8. The van der Waals surface area contributed by atoms with E-state index in [2.05, 4.69) is 34.7 Å². The van der Waals surface area contributed by atoms with Crippen LogP contribution in [0.2, 0.25) is 0 Å². The van der Waals surface area contributed by atoms with Gasteiger partial charge in [0.1, 0.15) is 23.4 Å². The fourth-order valence-electron chi connectivity index (χ4n) is 3.80. The highest BCUT2D eigenvalue weighted by atomic mass is 32.2. The van der Waals surface area contributed by atoms with Gasteiger partial charge in [-0.25, -0.2) is 45.1 Å². The van der Waals surface area contributed by atoms with E-state index in [-0.39, 0.29) is 29.8 Å². The van der Waals surface area contributed by atoms with Gasteiger partial charge in [-0.15, -0.1) is 0 Å². The molecule has 1 amide bonds. The molecule has 0 radical (unpaired) electrons. The molecule has 0 fully saturated rings. The number of alkyl carbamates (subject to hydrolysis) is 1. The first-order valence-electron chi connectivity index (χ1n) is 12.8. The Hall–Kier alpha value is -4.12. The van der Waals surface area contributed by atoms with Gasteiger partial charge in [0, 0.05) is 40.6 Å². The Morgan fingerprint density at radius 2 is 1.84 bits per heavy atom. The van der Waals surface area contributed by atoms with Crippen molar-refractivity contribution in [2.24, 2.45) is 8.76 Å². The van der Waals surface area contributed by atoms with Gasteiger partial charge in [-0.05, 0) is 45.9 Å². The number of anilines is 2. The van der Waals surface area contributed by atoms with E-state index < -0.39 is 65.8 Å². The second-order valence-corrected chi connectivity index (χ2v) is 14.1. The number of hydrogen-bond acceptors (Lipinski definition) is 10. The number of amides is 1. The Morgan fingerprint density at radius 1 is 1.14 bits per heavy atom. The van der Waals surface area contributed by atoms with Crippen LogP contribution in [0.1, 0.15) is 45.0 Å². The third-order valence-electron chi connectivity index (χ3n) is 5.86. The summed E-state index contributed by atoms with van der Waals surface area (Å²) in [4.78, 5) is 22.9. The summed E-state index contributed by atoms with van der Waals surface area (Å²) in [6.07, 6.45) is 2.93. The fraction of sp³-hybridized carbons (Fsp3) is 0.346. The van der Waals surface area contributed by atoms with Gasteiger partial charge in [0.15, 0.2) is 10.7 Å². The molecule has 0 saturated carbocycles. The van der Waals surface area contributed by atoms with Crippen molar-refractivity contribution in [1.29, 1.82) is 0 Å². The van der Waals surface area contributed by atoms with E-state index in [4.69, 9.17) is 4.36 Å². The number of halogens is 3. The molecular formula is C26H29F3N8O4S2. The van der Waals surface area contributed by atoms with Crippen LogP contribution in [0.5, 0.6) is 0 Å². The normalized spacial score (nSPS) is 17.4. The van der Waals surface area contributed by atoms with Gasteiger partial charge in [-0.3, -0.25) is 9.71 Å². The number of nitrogens with one attached hydrogen (secondary N) is 3. The minimum absolute atomic E-state index is 0.131. The monoisotopic (exact) mass is 638 g/mol. The first-order chi connectivity index (χ1) is 20.2. The quantitative estimate of drug-likeness (QED) is 0.313. The van der Waals surface area contributed by atoms with Crippen LogP contribution >= 0.6 is 0 Å². The van der Waals surface area contributed by atoms with Crippen LogP contribution < -0.4 is 15.4 Å².